The van der Waals surface area contributed by atoms with Crippen molar-refractivity contribution in [2.75, 3.05) is 5.32 Å². The van der Waals surface area contributed by atoms with Crippen LogP contribution in [0.5, 0.6) is 0 Å². The van der Waals surface area contributed by atoms with Crippen LogP contribution < -0.4 is 10.6 Å². The number of halogens is 2. The Morgan fingerprint density at radius 2 is 1.71 bits per heavy atom. The van der Waals surface area contributed by atoms with E-state index in [1.54, 1.807) is 0 Å². The van der Waals surface area contributed by atoms with Crippen molar-refractivity contribution in [2.24, 2.45) is 0 Å². The molecular formula is C14H18F2N2O3. The molecule has 0 unspecified atom stereocenters. The molecule has 0 fully saturated rings. The molecule has 116 valence electrons. The number of rotatable bonds is 5. The lowest BCUT2D eigenvalue weighted by Crippen LogP contribution is -2.47. The minimum Gasteiger partial charge on any atom is -0.478 e. The second-order valence-electron chi connectivity index (χ2n) is 4.96. The van der Waals surface area contributed by atoms with Crippen molar-refractivity contribution in [2.45, 2.75) is 39.2 Å². The molecule has 0 aromatic heterocycles. The Bertz CT molecular complexity index is 557. The number of hydrogen-bond donors (Lipinski definition) is 3. The van der Waals surface area contributed by atoms with Gasteiger partial charge in [-0.15, -0.1) is 0 Å². The van der Waals surface area contributed by atoms with Gasteiger partial charge in [-0.3, -0.25) is 0 Å². The van der Waals surface area contributed by atoms with Gasteiger partial charge in [-0.1, -0.05) is 13.8 Å². The molecule has 0 saturated heterocycles. The lowest BCUT2D eigenvalue weighted by Gasteiger charge is -2.28. The Kier molecular flexibility index (Phi) is 5.23. The van der Waals surface area contributed by atoms with E-state index in [-0.39, 0.29) is 5.69 Å². The summed E-state index contributed by atoms with van der Waals surface area (Å²) in [6, 6.07) is 0.509. The van der Waals surface area contributed by atoms with Crippen LogP contribution in [0.15, 0.2) is 12.1 Å². The molecule has 1 aromatic rings. The van der Waals surface area contributed by atoms with Gasteiger partial charge in [0.1, 0.15) is 0 Å². The summed E-state index contributed by atoms with van der Waals surface area (Å²) in [5.41, 5.74) is -1.28. The van der Waals surface area contributed by atoms with Crippen molar-refractivity contribution < 1.29 is 23.5 Å². The molecule has 0 bridgehead atoms. The number of urea groups is 1. The molecule has 0 spiro atoms. The molecule has 21 heavy (non-hydrogen) atoms. The van der Waals surface area contributed by atoms with E-state index in [0.717, 1.165) is 0 Å². The Morgan fingerprint density at radius 1 is 1.19 bits per heavy atom. The molecule has 0 aliphatic heterocycles. The maximum absolute atomic E-state index is 13.2. The summed E-state index contributed by atoms with van der Waals surface area (Å²) in [7, 11) is 0. The average Bonchev–Trinajstić information content (AvgIpc) is 2.42. The highest BCUT2D eigenvalue weighted by molar-refractivity contribution is 6.00. The van der Waals surface area contributed by atoms with Gasteiger partial charge in [-0.25, -0.2) is 18.4 Å². The van der Waals surface area contributed by atoms with E-state index in [1.165, 1.54) is 0 Å². The van der Waals surface area contributed by atoms with E-state index >= 15 is 0 Å². The molecule has 0 atom stereocenters. The molecule has 7 heteroatoms. The fourth-order valence-corrected chi connectivity index (χ4v) is 1.68. The first kappa shape index (κ1) is 16.9. The van der Waals surface area contributed by atoms with Gasteiger partial charge in [0.2, 0.25) is 0 Å². The number of benzene rings is 1. The van der Waals surface area contributed by atoms with Gasteiger partial charge >= 0.3 is 12.0 Å². The van der Waals surface area contributed by atoms with Gasteiger partial charge in [-0.05, 0) is 25.8 Å². The van der Waals surface area contributed by atoms with Crippen molar-refractivity contribution in [3.05, 3.63) is 29.3 Å². The largest absolute Gasteiger partial charge is 0.478 e. The Labute approximate surface area is 121 Å². The maximum Gasteiger partial charge on any atom is 0.337 e. The van der Waals surface area contributed by atoms with Crippen LogP contribution in [-0.4, -0.2) is 22.6 Å². The maximum atomic E-state index is 13.2. The zero-order valence-corrected chi connectivity index (χ0v) is 12.1. The van der Waals surface area contributed by atoms with Gasteiger partial charge in [0.25, 0.3) is 0 Å². The van der Waals surface area contributed by atoms with Crippen molar-refractivity contribution in [1.82, 2.24) is 5.32 Å². The number of carboxylic acid groups (broad SMARTS) is 1. The monoisotopic (exact) mass is 300 g/mol. The Hall–Kier alpha value is -2.18. The van der Waals surface area contributed by atoms with Crippen molar-refractivity contribution in [3.63, 3.8) is 0 Å². The number of amides is 2. The molecule has 1 rings (SSSR count). The Morgan fingerprint density at radius 3 is 2.19 bits per heavy atom. The molecule has 5 nitrogen and oxygen atoms in total. The Balaban J connectivity index is 3.00. The van der Waals surface area contributed by atoms with E-state index in [9.17, 15) is 18.4 Å². The zero-order chi connectivity index (χ0) is 16.2. The summed E-state index contributed by atoms with van der Waals surface area (Å²) in [6.45, 7) is 5.62. The predicted molar refractivity (Wildman–Crippen MR) is 74.5 cm³/mol. The van der Waals surface area contributed by atoms with Crippen molar-refractivity contribution in [3.8, 4) is 0 Å². The summed E-state index contributed by atoms with van der Waals surface area (Å²) in [6.07, 6.45) is 1.33. The number of carbonyl (C=O) groups is 2. The lowest BCUT2D eigenvalue weighted by molar-refractivity contribution is 0.0697. The minimum atomic E-state index is -1.46. The van der Waals surface area contributed by atoms with Crippen LogP contribution in [0.25, 0.3) is 0 Å². The fourth-order valence-electron chi connectivity index (χ4n) is 1.68. The molecule has 0 aliphatic carbocycles. The van der Waals surface area contributed by atoms with Crippen LogP contribution >= 0.6 is 0 Å². The van der Waals surface area contributed by atoms with E-state index in [2.05, 4.69) is 10.6 Å². The van der Waals surface area contributed by atoms with Crippen LogP contribution in [0, 0.1) is 11.6 Å². The number of carboxylic acids is 1. The van der Waals surface area contributed by atoms with Crippen LogP contribution in [0.2, 0.25) is 0 Å². The first-order valence-corrected chi connectivity index (χ1v) is 6.54. The third-order valence-electron chi connectivity index (χ3n) is 3.52. The first-order valence-electron chi connectivity index (χ1n) is 6.54. The van der Waals surface area contributed by atoms with Gasteiger partial charge in [-0.2, -0.15) is 0 Å². The second kappa shape index (κ2) is 6.51. The van der Waals surface area contributed by atoms with Gasteiger partial charge < -0.3 is 15.7 Å². The SMILES string of the molecule is CCC(C)(CC)NC(=O)Nc1cc(F)c(F)cc1C(=O)O. The van der Waals surface area contributed by atoms with Crippen LogP contribution in [-0.2, 0) is 0 Å². The molecule has 3 N–H and O–H groups in total. The topological polar surface area (TPSA) is 78.4 Å². The highest BCUT2D eigenvalue weighted by Gasteiger charge is 2.23. The summed E-state index contributed by atoms with van der Waals surface area (Å²) in [5, 5.41) is 13.9. The first-order chi connectivity index (χ1) is 9.72. The normalized spacial score (nSPS) is 11.1. The lowest BCUT2D eigenvalue weighted by atomic mass is 9.96. The summed E-state index contributed by atoms with van der Waals surface area (Å²) in [5.74, 6) is -3.98. The molecular weight excluding hydrogens is 282 g/mol. The molecule has 0 saturated carbocycles. The van der Waals surface area contributed by atoms with E-state index < -0.39 is 34.7 Å². The van der Waals surface area contributed by atoms with E-state index in [0.29, 0.717) is 25.0 Å². The third kappa shape index (κ3) is 4.14. The van der Waals surface area contributed by atoms with Crippen molar-refractivity contribution >= 4 is 17.7 Å². The fraction of sp³-hybridized carbons (Fsp3) is 0.429. The summed E-state index contributed by atoms with van der Waals surface area (Å²) < 4.78 is 26.3. The third-order valence-corrected chi connectivity index (χ3v) is 3.52. The number of anilines is 1. The van der Waals surface area contributed by atoms with E-state index in [4.69, 9.17) is 5.11 Å². The molecule has 0 heterocycles. The van der Waals surface area contributed by atoms with Gasteiger partial charge in [0.05, 0.1) is 11.3 Å². The highest BCUT2D eigenvalue weighted by atomic mass is 19.2. The van der Waals surface area contributed by atoms with Gasteiger partial charge in [0.15, 0.2) is 11.6 Å². The number of hydrogen-bond acceptors (Lipinski definition) is 2. The number of carbonyl (C=O) groups excluding carboxylic acids is 1. The molecule has 0 radical (unpaired) electrons. The summed E-state index contributed by atoms with van der Waals surface area (Å²) in [4.78, 5) is 22.9. The van der Waals surface area contributed by atoms with Crippen LogP contribution in [0.3, 0.4) is 0 Å². The number of aromatic carboxylic acids is 1. The van der Waals surface area contributed by atoms with Crippen LogP contribution in [0.4, 0.5) is 19.3 Å². The molecule has 2 amide bonds. The second-order valence-corrected chi connectivity index (χ2v) is 4.96. The molecule has 1 aromatic carbocycles. The van der Waals surface area contributed by atoms with Crippen molar-refractivity contribution in [1.29, 1.82) is 0 Å². The standard InChI is InChI=1S/C14H18F2N2O3/c1-4-14(3,5-2)18-13(21)17-11-7-10(16)9(15)6-8(11)12(19)20/h6-7H,4-5H2,1-3H3,(H,19,20)(H2,17,18,21). The average molecular weight is 300 g/mol. The zero-order valence-electron chi connectivity index (χ0n) is 12.1. The highest BCUT2D eigenvalue weighted by Crippen LogP contribution is 2.21. The smallest absolute Gasteiger partial charge is 0.337 e. The summed E-state index contributed by atoms with van der Waals surface area (Å²) >= 11 is 0. The number of nitrogens with one attached hydrogen (secondary N) is 2. The van der Waals surface area contributed by atoms with Gasteiger partial charge in [0, 0.05) is 11.6 Å². The molecule has 0 aliphatic rings. The van der Waals surface area contributed by atoms with E-state index in [1.807, 2.05) is 20.8 Å². The minimum absolute atomic E-state index is 0.298. The predicted octanol–water partition coefficient (Wildman–Crippen LogP) is 3.36. The van der Waals surface area contributed by atoms with Crippen LogP contribution in [0.1, 0.15) is 44.0 Å². The quantitative estimate of drug-likeness (QED) is 0.780.